The van der Waals surface area contributed by atoms with E-state index in [0.29, 0.717) is 22.9 Å². The van der Waals surface area contributed by atoms with Crippen LogP contribution in [-0.2, 0) is 57.3 Å². The Morgan fingerprint density at radius 1 is 0.949 bits per heavy atom. The van der Waals surface area contributed by atoms with Crippen LogP contribution in [0.25, 0.3) is 5.57 Å². The third kappa shape index (κ3) is 11.3. The number of fused-ring (bicyclic) bond motifs is 1. The molecule has 1 atom stereocenters. The predicted molar refractivity (Wildman–Crippen MR) is 232 cm³/mol. The van der Waals surface area contributed by atoms with Gasteiger partial charge in [0, 0.05) is 7.11 Å². The van der Waals surface area contributed by atoms with Crippen molar-refractivity contribution in [1.82, 2.24) is 0 Å². The Labute approximate surface area is 359 Å². The van der Waals surface area contributed by atoms with E-state index < -0.39 is 37.4 Å². The number of aryl methyl sites for hydroxylation is 1. The first-order chi connectivity index (χ1) is 27.4. The second kappa shape index (κ2) is 18.2. The first kappa shape index (κ1) is 46.5. The van der Waals surface area contributed by atoms with Gasteiger partial charge in [-0.1, -0.05) is 0 Å². The molecule has 0 fully saturated rings. The summed E-state index contributed by atoms with van der Waals surface area (Å²) in [5.41, 5.74) is 7.60. The number of hydrogen-bond donors (Lipinski definition) is 3. The summed E-state index contributed by atoms with van der Waals surface area (Å²) in [5, 5.41) is 9.98. The van der Waals surface area contributed by atoms with Gasteiger partial charge in [-0.2, -0.15) is 8.42 Å². The van der Waals surface area contributed by atoms with E-state index in [1.807, 2.05) is 26.0 Å². The van der Waals surface area contributed by atoms with Gasteiger partial charge in [0.2, 0.25) is 0 Å². The summed E-state index contributed by atoms with van der Waals surface area (Å²) in [6.45, 7) is 9.73. The van der Waals surface area contributed by atoms with Crippen molar-refractivity contribution in [2.75, 3.05) is 46.2 Å². The normalized spacial score (nSPS) is 18.3. The Morgan fingerprint density at radius 3 is 2.24 bits per heavy atom. The summed E-state index contributed by atoms with van der Waals surface area (Å²) in [6.07, 6.45) is 12.1. The number of quaternary nitrogens is 1. The molecule has 1 heterocycles. The maximum absolute atomic E-state index is 12.2. The number of benzene rings is 3. The van der Waals surface area contributed by atoms with Gasteiger partial charge in [0.15, 0.2) is 0 Å². The molecular weight excluding hydrogens is 831 g/mol. The van der Waals surface area contributed by atoms with Gasteiger partial charge < -0.3 is 14.3 Å². The van der Waals surface area contributed by atoms with Crippen molar-refractivity contribution >= 4 is 36.0 Å². The second-order valence-corrected chi connectivity index (χ2v) is 20.9. The SMILES string of the molecule is COC(O)CCc1ccc(C2=C(/C=C/[C](=[Ni])C(C)(C)c3cccc(S(=O)(=O)O)c3)CCC/C2=C\C=C2\N(CCC[N+](C)(C)C)c3ccc(S(=O)(=O)O)cc3C2(C)C)cc1. The molecule has 3 N–H and O–H groups in total. The Hall–Kier alpha value is -3.52. The van der Waals surface area contributed by atoms with Gasteiger partial charge in [0.1, 0.15) is 0 Å². The van der Waals surface area contributed by atoms with Crippen LogP contribution in [0.3, 0.4) is 0 Å². The van der Waals surface area contributed by atoms with E-state index >= 15 is 0 Å². The van der Waals surface area contributed by atoms with Crippen molar-refractivity contribution in [1.29, 1.82) is 0 Å². The van der Waals surface area contributed by atoms with Gasteiger partial charge >= 0.3 is 278 Å². The number of ether oxygens (including phenoxy) is 1. The summed E-state index contributed by atoms with van der Waals surface area (Å²) in [7, 11) is -0.819. The number of anilines is 1. The molecule has 0 radical (unpaired) electrons. The molecule has 1 aliphatic heterocycles. The fourth-order valence-corrected chi connectivity index (χ4v) is 9.12. The van der Waals surface area contributed by atoms with Gasteiger partial charge in [-0.05, 0) is 6.07 Å². The van der Waals surface area contributed by atoms with Gasteiger partial charge in [-0.3, -0.25) is 4.55 Å². The van der Waals surface area contributed by atoms with Crippen LogP contribution in [-0.4, -0.2) is 87.7 Å². The Kier molecular flexibility index (Phi) is 14.4. The molecule has 3 aromatic rings. The predicted octanol–water partition coefficient (Wildman–Crippen LogP) is 7.97. The van der Waals surface area contributed by atoms with Crippen LogP contribution < -0.4 is 4.90 Å². The monoisotopic (exact) mass is 889 g/mol. The zero-order valence-corrected chi connectivity index (χ0v) is 37.9. The molecule has 13 heteroatoms. The molecule has 0 spiro atoms. The van der Waals surface area contributed by atoms with Crippen LogP contribution in [0.1, 0.15) is 82.1 Å². The number of aliphatic hydroxyl groups excluding tert-OH is 1. The van der Waals surface area contributed by atoms with Crippen LogP contribution in [0.4, 0.5) is 5.69 Å². The van der Waals surface area contributed by atoms with Crippen LogP contribution in [0.15, 0.2) is 118 Å². The van der Waals surface area contributed by atoms with E-state index in [0.717, 1.165) is 88.0 Å². The van der Waals surface area contributed by atoms with Gasteiger partial charge in [0.25, 0.3) is 10.1 Å². The van der Waals surface area contributed by atoms with Gasteiger partial charge in [-0.25, -0.2) is 0 Å². The molecule has 5 rings (SSSR count). The third-order valence-corrected chi connectivity index (χ3v) is 13.9. The first-order valence-corrected chi connectivity index (χ1v) is 23.2. The number of hydrogen-bond acceptors (Lipinski definition) is 7. The van der Waals surface area contributed by atoms with Crippen molar-refractivity contribution in [3.8, 4) is 0 Å². The van der Waals surface area contributed by atoms with E-state index in [-0.39, 0.29) is 9.79 Å². The zero-order chi connectivity index (χ0) is 43.6. The van der Waals surface area contributed by atoms with E-state index in [1.165, 1.54) is 25.3 Å². The number of allylic oxidation sites excluding steroid dienone is 8. The van der Waals surface area contributed by atoms with E-state index in [1.54, 1.807) is 18.2 Å². The topological polar surface area (TPSA) is 141 Å². The summed E-state index contributed by atoms with van der Waals surface area (Å²) < 4.78 is 74.5. The molecule has 0 bridgehead atoms. The van der Waals surface area contributed by atoms with Crippen molar-refractivity contribution in [2.45, 2.75) is 93.1 Å². The van der Waals surface area contributed by atoms with Crippen LogP contribution >= 0.6 is 0 Å². The molecule has 0 saturated heterocycles. The Balaban J connectivity index is 1.61. The Morgan fingerprint density at radius 2 is 1.61 bits per heavy atom. The number of nitrogens with zero attached hydrogens (tertiary/aromatic N) is 2. The summed E-state index contributed by atoms with van der Waals surface area (Å²) >= 11 is 5.59. The molecule has 59 heavy (non-hydrogen) atoms. The molecule has 3 aromatic carbocycles. The van der Waals surface area contributed by atoms with Crippen LogP contribution in [0.2, 0.25) is 0 Å². The summed E-state index contributed by atoms with van der Waals surface area (Å²) in [6, 6.07) is 19.5. The molecule has 10 nitrogen and oxygen atoms in total. The average Bonchev–Trinajstić information content (AvgIpc) is 3.38. The standard InChI is InChI=1S/C46H58N2O8S2.Ni/c1-45(2,37-16-10-17-38(31-37)57(50,51)52)28-11-15-34-13-9-14-35(44(34)36-21-18-33(19-22-36)20-27-43(49)56-8)23-26-42-46(3,4)40-32-39(58(53,54)55)24-25-41(40)47(42)29-12-30-48(5,6)7;/h10-11,15-19,21-26,31-32,43,49H,9,12-14,20,27,29-30H2,1-8H3,(H-,50,51,52,53,54,55);/p+1/b15-11+,35-23+,42-26+;. The van der Waals surface area contributed by atoms with E-state index in [4.69, 9.17) is 19.8 Å². The number of aliphatic hydroxyl groups is 1. The van der Waals surface area contributed by atoms with Gasteiger partial charge in [-0.15, -0.1) is 0 Å². The molecule has 0 saturated carbocycles. The average molecular weight is 891 g/mol. The van der Waals surface area contributed by atoms with Crippen LogP contribution in [0.5, 0.6) is 0 Å². The third-order valence-electron chi connectivity index (χ3n) is 11.4. The van der Waals surface area contributed by atoms with E-state index in [9.17, 15) is 31.0 Å². The van der Waals surface area contributed by atoms with Crippen LogP contribution in [0, 0.1) is 0 Å². The number of methoxy groups -OCH3 is 1. The minimum atomic E-state index is -4.40. The quantitative estimate of drug-likeness (QED) is 0.0566. The zero-order valence-electron chi connectivity index (χ0n) is 35.3. The fraction of sp³-hybridized carbons (Fsp3) is 0.413. The minimum absolute atomic E-state index is 0.127. The maximum atomic E-state index is 12.2. The molecule has 2 aliphatic rings. The first-order valence-electron chi connectivity index (χ1n) is 19.8. The van der Waals surface area contributed by atoms with Crippen molar-refractivity contribution in [3.05, 3.63) is 130 Å². The molecule has 1 aliphatic carbocycles. The van der Waals surface area contributed by atoms with Crippen molar-refractivity contribution in [3.63, 3.8) is 0 Å². The number of rotatable bonds is 16. The molecular formula is C46H59N2NiO8S2+. The van der Waals surface area contributed by atoms with Gasteiger partial charge in [0.05, 0.1) is 32.6 Å². The molecule has 0 aromatic heterocycles. The molecule has 1 unspecified atom stereocenters. The second-order valence-electron chi connectivity index (χ2n) is 17.5. The summed E-state index contributed by atoms with van der Waals surface area (Å²) in [4.78, 5) is 1.98. The fourth-order valence-electron chi connectivity index (χ4n) is 7.87. The van der Waals surface area contributed by atoms with E-state index in [2.05, 4.69) is 82.4 Å². The molecule has 322 valence electrons. The van der Waals surface area contributed by atoms with Crippen molar-refractivity contribution < 1.29 is 55.3 Å². The summed E-state index contributed by atoms with van der Waals surface area (Å²) in [5.74, 6) is 0. The molecule has 0 amide bonds. The Bertz CT molecular complexity index is 2410. The van der Waals surface area contributed by atoms with Crippen molar-refractivity contribution in [2.24, 2.45) is 0 Å².